The lowest BCUT2D eigenvalue weighted by Gasteiger charge is -2.12. The molecular weight excluding hydrogens is 369 g/mol. The Balaban J connectivity index is 2.53. The molecule has 0 aromatic heterocycles. The van der Waals surface area contributed by atoms with Gasteiger partial charge in [0.05, 0.1) is 5.69 Å². The fourth-order valence-corrected chi connectivity index (χ4v) is 3.14. The Hall–Kier alpha value is -2.62. The first-order valence-electron chi connectivity index (χ1n) is 6.60. The number of halogens is 5. The van der Waals surface area contributed by atoms with E-state index < -0.39 is 44.0 Å². The Labute approximate surface area is 139 Å². The zero-order valence-corrected chi connectivity index (χ0v) is 13.3. The number of aromatic hydroxyl groups is 1. The summed E-state index contributed by atoms with van der Waals surface area (Å²) >= 11 is 0. The number of nitrogens with one attached hydrogen (secondary N) is 1. The number of hydrogen-bond acceptors (Lipinski definition) is 3. The van der Waals surface area contributed by atoms with Crippen molar-refractivity contribution in [2.24, 2.45) is 0 Å². The van der Waals surface area contributed by atoms with Gasteiger partial charge in [0.1, 0.15) is 5.75 Å². The van der Waals surface area contributed by atoms with Crippen LogP contribution >= 0.6 is 0 Å². The molecular formula is C15H10F5NO3S. The molecule has 0 aliphatic heterocycles. The van der Waals surface area contributed by atoms with E-state index in [1.165, 1.54) is 12.1 Å². The van der Waals surface area contributed by atoms with Gasteiger partial charge in [-0.05, 0) is 19.1 Å². The van der Waals surface area contributed by atoms with Crippen LogP contribution in [-0.4, -0.2) is 13.5 Å². The third kappa shape index (κ3) is 3.43. The number of rotatable bonds is 4. The molecule has 2 aromatic carbocycles. The van der Waals surface area contributed by atoms with Crippen molar-refractivity contribution in [1.82, 2.24) is 0 Å². The topological polar surface area (TPSA) is 66.4 Å². The minimum Gasteiger partial charge on any atom is -0.507 e. The molecule has 0 radical (unpaired) electrons. The summed E-state index contributed by atoms with van der Waals surface area (Å²) in [5.74, 6) is -12.6. The summed E-state index contributed by atoms with van der Waals surface area (Å²) in [6.07, 6.45) is 3.09. The Bertz CT molecular complexity index is 945. The van der Waals surface area contributed by atoms with Gasteiger partial charge in [0.25, 0.3) is 10.0 Å². The molecule has 0 saturated heterocycles. The first-order valence-corrected chi connectivity index (χ1v) is 8.08. The lowest BCUT2D eigenvalue weighted by Crippen LogP contribution is -2.19. The second kappa shape index (κ2) is 6.71. The standard InChI is InChI=1S/C15H10F5NO3S/c1-2-3-7-4-5-8(6-9(7)22)21-25(23,24)15-13(19)11(17)10(16)12(18)14(15)20/h2-6,21-22H,1H3. The lowest BCUT2D eigenvalue weighted by molar-refractivity contribution is 0.358. The Kier molecular flexibility index (Phi) is 5.02. The number of anilines is 1. The minimum atomic E-state index is -5.15. The lowest BCUT2D eigenvalue weighted by atomic mass is 10.2. The van der Waals surface area contributed by atoms with Crippen molar-refractivity contribution in [3.63, 3.8) is 0 Å². The van der Waals surface area contributed by atoms with Crippen LogP contribution in [0.2, 0.25) is 0 Å². The van der Waals surface area contributed by atoms with Crippen molar-refractivity contribution in [1.29, 1.82) is 0 Å². The van der Waals surface area contributed by atoms with Crippen molar-refractivity contribution in [3.05, 3.63) is 58.9 Å². The molecule has 2 rings (SSSR count). The van der Waals surface area contributed by atoms with Crippen molar-refractivity contribution < 1.29 is 35.5 Å². The highest BCUT2D eigenvalue weighted by atomic mass is 32.2. The van der Waals surface area contributed by atoms with Gasteiger partial charge in [-0.3, -0.25) is 4.72 Å². The highest BCUT2D eigenvalue weighted by Gasteiger charge is 2.33. The Morgan fingerprint density at radius 3 is 1.96 bits per heavy atom. The summed E-state index contributed by atoms with van der Waals surface area (Å²) in [4.78, 5) is -2.01. The van der Waals surface area contributed by atoms with E-state index in [0.29, 0.717) is 5.56 Å². The monoisotopic (exact) mass is 379 g/mol. The number of phenolic OH excluding ortho intramolecular Hbond substituents is 1. The smallest absolute Gasteiger partial charge is 0.267 e. The Morgan fingerprint density at radius 2 is 1.48 bits per heavy atom. The van der Waals surface area contributed by atoms with E-state index in [0.717, 1.165) is 12.1 Å². The molecule has 25 heavy (non-hydrogen) atoms. The number of hydrogen-bond donors (Lipinski definition) is 2. The fourth-order valence-electron chi connectivity index (χ4n) is 1.95. The van der Waals surface area contributed by atoms with Gasteiger partial charge in [-0.15, -0.1) is 0 Å². The van der Waals surface area contributed by atoms with Crippen LogP contribution in [0.25, 0.3) is 6.08 Å². The summed E-state index contributed by atoms with van der Waals surface area (Å²) in [6.45, 7) is 1.67. The number of benzene rings is 2. The van der Waals surface area contributed by atoms with E-state index in [9.17, 15) is 35.5 Å². The first-order chi connectivity index (χ1) is 11.6. The summed E-state index contributed by atoms with van der Waals surface area (Å²) < 4.78 is 92.4. The highest BCUT2D eigenvalue weighted by molar-refractivity contribution is 7.92. The molecule has 134 valence electrons. The highest BCUT2D eigenvalue weighted by Crippen LogP contribution is 2.29. The maximum absolute atomic E-state index is 13.6. The minimum absolute atomic E-state index is 0.321. The molecule has 4 nitrogen and oxygen atoms in total. The molecule has 0 bridgehead atoms. The van der Waals surface area contributed by atoms with Gasteiger partial charge < -0.3 is 5.11 Å². The van der Waals surface area contributed by atoms with Crippen LogP contribution in [-0.2, 0) is 10.0 Å². The average Bonchev–Trinajstić information content (AvgIpc) is 2.53. The predicted octanol–water partition coefficient (Wildman–Crippen LogP) is 3.92. The molecule has 0 amide bonds. The van der Waals surface area contributed by atoms with Crippen molar-refractivity contribution in [2.75, 3.05) is 4.72 Å². The summed E-state index contributed by atoms with van der Waals surface area (Å²) in [7, 11) is -5.15. The van der Waals surface area contributed by atoms with Gasteiger partial charge in [-0.25, -0.2) is 30.4 Å². The zero-order chi connectivity index (χ0) is 18.9. The third-order valence-electron chi connectivity index (χ3n) is 3.07. The second-order valence-corrected chi connectivity index (χ2v) is 6.40. The summed E-state index contributed by atoms with van der Waals surface area (Å²) in [6, 6.07) is 3.34. The summed E-state index contributed by atoms with van der Waals surface area (Å²) in [5, 5.41) is 9.72. The van der Waals surface area contributed by atoms with Gasteiger partial charge >= 0.3 is 0 Å². The maximum Gasteiger partial charge on any atom is 0.267 e. The molecule has 2 aromatic rings. The molecule has 0 fully saturated rings. The van der Waals surface area contributed by atoms with E-state index in [1.54, 1.807) is 17.7 Å². The third-order valence-corrected chi connectivity index (χ3v) is 4.47. The average molecular weight is 379 g/mol. The summed E-state index contributed by atoms with van der Waals surface area (Å²) in [5.41, 5.74) is -0.0172. The van der Waals surface area contributed by atoms with Gasteiger partial charge in [0.15, 0.2) is 28.2 Å². The molecule has 0 aliphatic carbocycles. The molecule has 0 unspecified atom stereocenters. The van der Waals surface area contributed by atoms with Crippen LogP contribution in [0, 0.1) is 29.1 Å². The predicted molar refractivity (Wildman–Crippen MR) is 79.9 cm³/mol. The van der Waals surface area contributed by atoms with Crippen LogP contribution in [0.15, 0.2) is 29.2 Å². The van der Waals surface area contributed by atoms with Gasteiger partial charge in [-0.2, -0.15) is 0 Å². The van der Waals surface area contributed by atoms with E-state index >= 15 is 0 Å². The zero-order valence-electron chi connectivity index (χ0n) is 12.4. The number of allylic oxidation sites excluding steroid dienone is 1. The first kappa shape index (κ1) is 18.7. The van der Waals surface area contributed by atoms with Crippen LogP contribution < -0.4 is 4.72 Å². The maximum atomic E-state index is 13.6. The quantitative estimate of drug-likeness (QED) is 0.481. The van der Waals surface area contributed by atoms with Crippen LogP contribution in [0.5, 0.6) is 5.75 Å². The van der Waals surface area contributed by atoms with Crippen molar-refractivity contribution >= 4 is 21.8 Å². The molecule has 0 spiro atoms. The van der Waals surface area contributed by atoms with Gasteiger partial charge in [-0.1, -0.05) is 12.2 Å². The van der Waals surface area contributed by atoms with Crippen molar-refractivity contribution in [2.45, 2.75) is 11.8 Å². The normalized spacial score (nSPS) is 11.9. The van der Waals surface area contributed by atoms with Gasteiger partial charge in [0, 0.05) is 11.6 Å². The molecule has 0 aliphatic rings. The SMILES string of the molecule is CC=Cc1ccc(NS(=O)(=O)c2c(F)c(F)c(F)c(F)c2F)cc1O. The Morgan fingerprint density at radius 1 is 0.960 bits per heavy atom. The number of sulfonamides is 1. The van der Waals surface area contributed by atoms with Crippen molar-refractivity contribution in [3.8, 4) is 5.75 Å². The van der Waals surface area contributed by atoms with E-state index in [2.05, 4.69) is 0 Å². The second-order valence-electron chi connectivity index (χ2n) is 4.78. The van der Waals surface area contributed by atoms with E-state index in [4.69, 9.17) is 0 Å². The molecule has 0 heterocycles. The molecule has 0 atom stereocenters. The molecule has 10 heteroatoms. The van der Waals surface area contributed by atoms with E-state index in [1.807, 2.05) is 0 Å². The van der Waals surface area contributed by atoms with Crippen LogP contribution in [0.4, 0.5) is 27.6 Å². The van der Waals surface area contributed by atoms with Crippen LogP contribution in [0.3, 0.4) is 0 Å². The molecule has 0 saturated carbocycles. The van der Waals surface area contributed by atoms with E-state index in [-0.39, 0.29) is 11.4 Å². The number of phenols is 1. The van der Waals surface area contributed by atoms with Gasteiger partial charge in [0.2, 0.25) is 5.82 Å². The van der Waals surface area contributed by atoms with Crippen LogP contribution in [0.1, 0.15) is 12.5 Å². The molecule has 2 N–H and O–H groups in total. The largest absolute Gasteiger partial charge is 0.507 e. The fraction of sp³-hybridized carbons (Fsp3) is 0.0667.